The van der Waals surface area contributed by atoms with Gasteiger partial charge >= 0.3 is 12.1 Å². The predicted octanol–water partition coefficient (Wildman–Crippen LogP) is 4.65. The van der Waals surface area contributed by atoms with Crippen LogP contribution in [0.5, 0.6) is 5.88 Å². The van der Waals surface area contributed by atoms with Gasteiger partial charge in [-0.15, -0.1) is 10.2 Å². The second-order valence-corrected chi connectivity index (χ2v) is 16.7. The van der Waals surface area contributed by atoms with Crippen molar-refractivity contribution in [2.75, 3.05) is 57.8 Å². The number of carboxylic acid groups (broad SMARTS) is 1. The Morgan fingerprint density at radius 1 is 1.13 bits per heavy atom. The summed E-state index contributed by atoms with van der Waals surface area (Å²) < 4.78 is 83.8. The van der Waals surface area contributed by atoms with Crippen LogP contribution < -0.4 is 10.1 Å². The Kier molecular flexibility index (Phi) is 9.36. The highest BCUT2D eigenvalue weighted by Gasteiger charge is 2.53. The van der Waals surface area contributed by atoms with Crippen molar-refractivity contribution in [1.29, 1.82) is 0 Å². The van der Waals surface area contributed by atoms with Crippen molar-refractivity contribution in [2.45, 2.75) is 69.0 Å². The zero-order valence-corrected chi connectivity index (χ0v) is 30.1. The number of fused-ring (bicyclic) bond motifs is 2. The maximum absolute atomic E-state index is 14.4. The predicted molar refractivity (Wildman–Crippen MR) is 184 cm³/mol. The number of nitrogens with zero attached hydrogens (tertiary/aromatic N) is 6. The maximum Gasteiger partial charge on any atom is 0.452 e. The molecule has 2 aliphatic heterocycles. The molecule has 2 fully saturated rings. The van der Waals surface area contributed by atoms with Gasteiger partial charge in [0, 0.05) is 44.8 Å². The van der Waals surface area contributed by atoms with E-state index in [9.17, 15) is 31.5 Å². The average Bonchev–Trinajstić information content (AvgIpc) is 3.68. The molecule has 0 bridgehead atoms. The van der Waals surface area contributed by atoms with Gasteiger partial charge in [-0.05, 0) is 66.5 Å². The number of hydrogen-bond donors (Lipinski definition) is 2. The van der Waals surface area contributed by atoms with E-state index in [1.807, 2.05) is 26.0 Å². The first-order valence-electron chi connectivity index (χ1n) is 17.3. The number of aryl methyl sites for hydroxylation is 1. The number of carbonyl (C=O) groups is 1. The van der Waals surface area contributed by atoms with E-state index in [0.29, 0.717) is 67.1 Å². The third kappa shape index (κ3) is 7.27. The molecule has 4 aliphatic rings. The van der Waals surface area contributed by atoms with Crippen molar-refractivity contribution in [1.82, 2.24) is 28.8 Å². The summed E-state index contributed by atoms with van der Waals surface area (Å²) in [4.78, 5) is 19.2. The normalized spacial score (nSPS) is 21.8. The van der Waals surface area contributed by atoms with Crippen molar-refractivity contribution in [3.05, 3.63) is 64.6 Å². The average molecular weight is 746 g/mol. The van der Waals surface area contributed by atoms with E-state index >= 15 is 0 Å². The Morgan fingerprint density at radius 3 is 2.58 bits per heavy atom. The molecular formula is C35H42F3N7O6S. The molecule has 7 rings (SSSR count). The zero-order chi connectivity index (χ0) is 37.1. The van der Waals surface area contributed by atoms with E-state index in [1.165, 1.54) is 22.6 Å². The lowest BCUT2D eigenvalue weighted by Crippen LogP contribution is -2.40. The maximum atomic E-state index is 14.4. The molecule has 1 unspecified atom stereocenters. The number of rotatable bonds is 10. The Bertz CT molecular complexity index is 2050. The molecule has 3 aromatic rings. The van der Waals surface area contributed by atoms with Crippen LogP contribution >= 0.6 is 0 Å². The van der Waals surface area contributed by atoms with Gasteiger partial charge in [0.25, 0.3) is 0 Å². The van der Waals surface area contributed by atoms with Crippen LogP contribution in [0.4, 0.5) is 19.0 Å². The van der Waals surface area contributed by atoms with E-state index in [-0.39, 0.29) is 41.3 Å². The Labute approximate surface area is 299 Å². The number of morpholine rings is 1. The smallest absolute Gasteiger partial charge is 0.452 e. The lowest BCUT2D eigenvalue weighted by molar-refractivity contribution is -0.145. The van der Waals surface area contributed by atoms with Gasteiger partial charge in [0.05, 0.1) is 26.2 Å². The fourth-order valence-electron chi connectivity index (χ4n) is 7.38. The number of hydrogen-bond acceptors (Lipinski definition) is 10. The second-order valence-electron chi connectivity index (χ2n) is 14.8. The summed E-state index contributed by atoms with van der Waals surface area (Å²) in [6.07, 6.45) is 1.59. The van der Waals surface area contributed by atoms with Gasteiger partial charge in [-0.3, -0.25) is 14.1 Å². The largest absolute Gasteiger partial charge is 0.481 e. The number of carboxylic acids is 1. The standard InChI is InChI=1S/C35H42F3N7O6S/c1-22-24(7-12-45-30(22)41-42-32(45)35(36,37)38)26(18-29(46)47)25-6-8-33(2,3)19-23(25)20-44-21-34(9-10-34)51-31-27(52(44,48)49)4-5-28(40-31)39-11-13-43-14-16-50-17-15-43/h4-8,12,26H,9-11,13-21H2,1-3H3,(H,39,40)(H,46,47). The first kappa shape index (κ1) is 36.3. The Hall–Kier alpha value is -4.06. The summed E-state index contributed by atoms with van der Waals surface area (Å²) in [7, 11) is -4.13. The van der Waals surface area contributed by atoms with Crippen molar-refractivity contribution in [2.24, 2.45) is 5.41 Å². The van der Waals surface area contributed by atoms with E-state index in [2.05, 4.69) is 25.4 Å². The molecule has 3 aromatic heterocycles. The van der Waals surface area contributed by atoms with E-state index < -0.39 is 39.5 Å². The number of pyridine rings is 2. The monoisotopic (exact) mass is 745 g/mol. The topological polar surface area (TPSA) is 151 Å². The molecule has 1 spiro atoms. The molecule has 0 radical (unpaired) electrons. The molecule has 0 aromatic carbocycles. The summed E-state index contributed by atoms with van der Waals surface area (Å²) in [5.41, 5.74) is 0.973. The van der Waals surface area contributed by atoms with Crippen molar-refractivity contribution < 1.29 is 41.0 Å². The third-order valence-corrected chi connectivity index (χ3v) is 12.1. The van der Waals surface area contributed by atoms with Gasteiger partial charge in [0.1, 0.15) is 16.3 Å². The number of halogens is 3. The van der Waals surface area contributed by atoms with Gasteiger partial charge in [-0.25, -0.2) is 8.42 Å². The number of sulfonamides is 1. The molecule has 2 aliphatic carbocycles. The number of allylic oxidation sites excluding steroid dienone is 3. The van der Waals surface area contributed by atoms with Crippen molar-refractivity contribution in [3.8, 4) is 5.88 Å². The molecular weight excluding hydrogens is 703 g/mol. The minimum Gasteiger partial charge on any atom is -0.481 e. The number of aromatic nitrogens is 4. The summed E-state index contributed by atoms with van der Waals surface area (Å²) >= 11 is 0. The zero-order valence-electron chi connectivity index (χ0n) is 29.2. The fourth-order valence-corrected chi connectivity index (χ4v) is 8.94. The van der Waals surface area contributed by atoms with Crippen LogP contribution in [0.25, 0.3) is 5.65 Å². The summed E-state index contributed by atoms with van der Waals surface area (Å²) in [6.45, 7) is 10.1. The number of aliphatic carboxylic acids is 1. The minimum atomic E-state index is -4.74. The Balaban J connectivity index is 1.23. The molecule has 280 valence electrons. The highest BCUT2D eigenvalue weighted by Crippen LogP contribution is 2.48. The molecule has 13 nitrogen and oxygen atoms in total. The van der Waals surface area contributed by atoms with Crippen LogP contribution in [0.2, 0.25) is 0 Å². The van der Waals surface area contributed by atoms with Crippen LogP contribution in [-0.2, 0) is 25.7 Å². The molecule has 2 N–H and O–H groups in total. The molecule has 52 heavy (non-hydrogen) atoms. The minimum absolute atomic E-state index is 0.0316. The van der Waals surface area contributed by atoms with Crippen LogP contribution in [-0.4, -0.2) is 106 Å². The number of anilines is 1. The van der Waals surface area contributed by atoms with E-state index in [1.54, 1.807) is 13.0 Å². The molecule has 5 heterocycles. The van der Waals surface area contributed by atoms with Crippen LogP contribution in [0, 0.1) is 12.3 Å². The number of nitrogens with one attached hydrogen (secondary N) is 1. The third-order valence-electron chi connectivity index (χ3n) is 10.3. The van der Waals surface area contributed by atoms with Gasteiger partial charge in [0.15, 0.2) is 5.65 Å². The van der Waals surface area contributed by atoms with E-state index in [4.69, 9.17) is 9.47 Å². The SMILES string of the molecule is Cc1c(C(CC(=O)O)C2=C(CN3CC4(CC4)Oc4nc(NCCN5CCOCC5)ccc4S3(=O)=O)CC(C)(C)C=C2)ccn2c(C(F)(F)F)nnc12. The first-order valence-corrected chi connectivity index (χ1v) is 18.8. The number of ether oxygens (including phenoxy) is 2. The lowest BCUT2D eigenvalue weighted by Gasteiger charge is -2.34. The van der Waals surface area contributed by atoms with Crippen LogP contribution in [0.3, 0.4) is 0 Å². The van der Waals surface area contributed by atoms with Gasteiger partial charge in [-0.2, -0.15) is 22.5 Å². The van der Waals surface area contributed by atoms with Gasteiger partial charge in [0.2, 0.25) is 21.7 Å². The number of alkyl halides is 3. The summed E-state index contributed by atoms with van der Waals surface area (Å²) in [5, 5.41) is 20.5. The fraction of sp³-hybridized carbons (Fsp3) is 0.543. The molecule has 0 amide bonds. The summed E-state index contributed by atoms with van der Waals surface area (Å²) in [6, 6.07) is 4.62. The van der Waals surface area contributed by atoms with Crippen LogP contribution in [0.1, 0.15) is 62.4 Å². The van der Waals surface area contributed by atoms with Crippen LogP contribution in [0.15, 0.2) is 52.6 Å². The van der Waals surface area contributed by atoms with Crippen molar-refractivity contribution >= 4 is 27.5 Å². The van der Waals surface area contributed by atoms with Crippen molar-refractivity contribution in [3.63, 3.8) is 0 Å². The highest BCUT2D eigenvalue weighted by molar-refractivity contribution is 7.89. The Morgan fingerprint density at radius 2 is 1.88 bits per heavy atom. The lowest BCUT2D eigenvalue weighted by atomic mass is 9.74. The molecule has 1 atom stereocenters. The van der Waals surface area contributed by atoms with Gasteiger partial charge in [-0.1, -0.05) is 31.6 Å². The molecule has 1 saturated heterocycles. The van der Waals surface area contributed by atoms with Gasteiger partial charge < -0.3 is 19.9 Å². The van der Waals surface area contributed by atoms with E-state index in [0.717, 1.165) is 24.0 Å². The highest BCUT2D eigenvalue weighted by atomic mass is 32.2. The molecule has 17 heteroatoms. The molecule has 1 saturated carbocycles. The summed E-state index contributed by atoms with van der Waals surface area (Å²) in [5.74, 6) is -2.55. The quantitative estimate of drug-likeness (QED) is 0.299. The second kappa shape index (κ2) is 13.4. The first-order chi connectivity index (χ1) is 24.6.